The number of aromatic nitrogens is 1. The predicted octanol–water partition coefficient (Wildman–Crippen LogP) is 2.05. The summed E-state index contributed by atoms with van der Waals surface area (Å²) in [7, 11) is -3.52. The Morgan fingerprint density at radius 3 is 2.35 bits per heavy atom. The molecule has 26 heavy (non-hydrogen) atoms. The van der Waals surface area contributed by atoms with Crippen LogP contribution >= 0.6 is 0 Å². The van der Waals surface area contributed by atoms with Crippen LogP contribution in [-0.2, 0) is 10.0 Å². The summed E-state index contributed by atoms with van der Waals surface area (Å²) >= 11 is 0. The van der Waals surface area contributed by atoms with Crippen LogP contribution in [0.3, 0.4) is 0 Å². The van der Waals surface area contributed by atoms with Gasteiger partial charge in [0.15, 0.2) is 0 Å². The first-order valence-corrected chi connectivity index (χ1v) is 9.84. The van der Waals surface area contributed by atoms with Gasteiger partial charge in [-0.25, -0.2) is 8.42 Å². The summed E-state index contributed by atoms with van der Waals surface area (Å²) in [6.45, 7) is 4.61. The van der Waals surface area contributed by atoms with E-state index in [4.69, 9.17) is 4.52 Å². The molecule has 1 aliphatic rings. The molecule has 1 amide bonds. The quantitative estimate of drug-likeness (QED) is 0.817. The number of nitrogens with zero attached hydrogens (tertiary/aromatic N) is 3. The van der Waals surface area contributed by atoms with Gasteiger partial charge in [-0.2, -0.15) is 4.31 Å². The molecule has 2 heterocycles. The number of hydrogen-bond acceptors (Lipinski definition) is 5. The molecule has 0 unspecified atom stereocenters. The van der Waals surface area contributed by atoms with E-state index in [1.165, 1.54) is 9.71 Å². The van der Waals surface area contributed by atoms with Crippen LogP contribution in [0.5, 0.6) is 0 Å². The smallest absolute Gasteiger partial charge is 0.259 e. The van der Waals surface area contributed by atoms with Crippen molar-refractivity contribution in [1.82, 2.24) is 14.4 Å². The van der Waals surface area contributed by atoms with E-state index in [1.54, 1.807) is 24.8 Å². The number of piperazine rings is 1. The number of sulfonamides is 1. The Kier molecular flexibility index (Phi) is 5.24. The van der Waals surface area contributed by atoms with E-state index in [0.717, 1.165) is 5.56 Å². The lowest BCUT2D eigenvalue weighted by molar-refractivity contribution is 0.0696. The summed E-state index contributed by atoms with van der Waals surface area (Å²) in [6, 6.07) is 9.26. The average Bonchev–Trinajstić information content (AvgIpc) is 2.99. The Balaban J connectivity index is 1.64. The van der Waals surface area contributed by atoms with Crippen molar-refractivity contribution in [2.75, 3.05) is 26.2 Å². The van der Waals surface area contributed by atoms with Crippen LogP contribution in [0.2, 0.25) is 0 Å². The van der Waals surface area contributed by atoms with Crippen molar-refractivity contribution in [1.29, 1.82) is 0 Å². The van der Waals surface area contributed by atoms with Crippen molar-refractivity contribution in [2.45, 2.75) is 13.8 Å². The number of hydrogen-bond donors (Lipinski definition) is 0. The van der Waals surface area contributed by atoms with Crippen molar-refractivity contribution >= 4 is 22.0 Å². The molecular formula is C18H21N3O4S. The van der Waals surface area contributed by atoms with Gasteiger partial charge in [0.25, 0.3) is 5.91 Å². The monoisotopic (exact) mass is 375 g/mol. The highest BCUT2D eigenvalue weighted by molar-refractivity contribution is 7.92. The predicted molar refractivity (Wildman–Crippen MR) is 97.8 cm³/mol. The fraction of sp³-hybridized carbons (Fsp3) is 0.333. The van der Waals surface area contributed by atoms with Gasteiger partial charge < -0.3 is 9.42 Å². The van der Waals surface area contributed by atoms with Crippen molar-refractivity contribution in [3.63, 3.8) is 0 Å². The van der Waals surface area contributed by atoms with Gasteiger partial charge in [0.05, 0.1) is 5.69 Å². The van der Waals surface area contributed by atoms with E-state index >= 15 is 0 Å². The zero-order chi connectivity index (χ0) is 18.7. The zero-order valence-corrected chi connectivity index (χ0v) is 15.6. The minimum atomic E-state index is -3.52. The molecule has 0 N–H and O–H groups in total. The van der Waals surface area contributed by atoms with Gasteiger partial charge in [0.1, 0.15) is 11.3 Å². The van der Waals surface area contributed by atoms with Gasteiger partial charge in [0, 0.05) is 31.6 Å². The molecule has 7 nitrogen and oxygen atoms in total. The first-order valence-electron chi connectivity index (χ1n) is 8.34. The molecule has 1 aromatic heterocycles. The Labute approximate surface area is 152 Å². The number of benzene rings is 1. The Morgan fingerprint density at radius 2 is 1.77 bits per heavy atom. The molecule has 0 saturated carbocycles. The highest BCUT2D eigenvalue weighted by atomic mass is 32.2. The normalized spacial score (nSPS) is 16.3. The highest BCUT2D eigenvalue weighted by Gasteiger charge is 2.30. The molecule has 0 aliphatic carbocycles. The second-order valence-electron chi connectivity index (χ2n) is 6.15. The van der Waals surface area contributed by atoms with Crippen LogP contribution in [0.1, 0.15) is 27.4 Å². The second kappa shape index (κ2) is 7.43. The Bertz CT molecular complexity index is 892. The number of aryl methyl sites for hydroxylation is 2. The van der Waals surface area contributed by atoms with E-state index < -0.39 is 10.0 Å². The molecule has 8 heteroatoms. The van der Waals surface area contributed by atoms with E-state index in [1.807, 2.05) is 30.3 Å². The fourth-order valence-corrected chi connectivity index (χ4v) is 4.08. The molecule has 0 radical (unpaired) electrons. The minimum Gasteiger partial charge on any atom is -0.361 e. The molecule has 0 bridgehead atoms. The van der Waals surface area contributed by atoms with E-state index in [0.29, 0.717) is 30.1 Å². The van der Waals surface area contributed by atoms with Gasteiger partial charge in [-0.3, -0.25) is 4.79 Å². The number of carbonyl (C=O) groups excluding carboxylic acids is 1. The maximum Gasteiger partial charge on any atom is 0.259 e. The first kappa shape index (κ1) is 18.3. The molecule has 1 saturated heterocycles. The van der Waals surface area contributed by atoms with Crippen LogP contribution in [0.4, 0.5) is 0 Å². The van der Waals surface area contributed by atoms with Gasteiger partial charge in [0.2, 0.25) is 10.0 Å². The molecule has 0 atom stereocenters. The largest absolute Gasteiger partial charge is 0.361 e. The van der Waals surface area contributed by atoms with Crippen molar-refractivity contribution < 1.29 is 17.7 Å². The Hall–Kier alpha value is -2.45. The third kappa shape index (κ3) is 3.86. The molecule has 1 aromatic carbocycles. The van der Waals surface area contributed by atoms with Gasteiger partial charge >= 0.3 is 0 Å². The number of amides is 1. The third-order valence-corrected chi connectivity index (χ3v) is 5.93. The van der Waals surface area contributed by atoms with Crippen LogP contribution in [0.15, 0.2) is 40.3 Å². The zero-order valence-electron chi connectivity index (χ0n) is 14.8. The van der Waals surface area contributed by atoms with Crippen molar-refractivity contribution in [2.24, 2.45) is 0 Å². The number of rotatable bonds is 4. The summed E-state index contributed by atoms with van der Waals surface area (Å²) in [5, 5.41) is 5.02. The van der Waals surface area contributed by atoms with Gasteiger partial charge in [-0.05, 0) is 25.5 Å². The van der Waals surface area contributed by atoms with Crippen LogP contribution < -0.4 is 0 Å². The van der Waals surface area contributed by atoms with Crippen molar-refractivity contribution in [3.05, 3.63) is 58.3 Å². The third-order valence-electron chi connectivity index (χ3n) is 4.37. The molecule has 3 rings (SSSR count). The van der Waals surface area contributed by atoms with Crippen LogP contribution in [0, 0.1) is 13.8 Å². The van der Waals surface area contributed by atoms with Gasteiger partial charge in [-0.15, -0.1) is 0 Å². The lowest BCUT2D eigenvalue weighted by Crippen LogP contribution is -2.50. The summed E-state index contributed by atoms with van der Waals surface area (Å²) in [5.74, 6) is 0.312. The fourth-order valence-electron chi connectivity index (χ4n) is 2.91. The van der Waals surface area contributed by atoms with Crippen LogP contribution in [0.25, 0.3) is 6.08 Å². The highest BCUT2D eigenvalue weighted by Crippen LogP contribution is 2.18. The molecule has 2 aromatic rings. The lowest BCUT2D eigenvalue weighted by Gasteiger charge is -2.33. The summed E-state index contributed by atoms with van der Waals surface area (Å²) in [6.07, 6.45) is 1.58. The summed E-state index contributed by atoms with van der Waals surface area (Å²) in [5.41, 5.74) is 1.84. The minimum absolute atomic E-state index is 0.168. The van der Waals surface area contributed by atoms with Crippen molar-refractivity contribution in [3.8, 4) is 0 Å². The summed E-state index contributed by atoms with van der Waals surface area (Å²) < 4.78 is 31.4. The molecule has 1 aliphatic heterocycles. The average molecular weight is 375 g/mol. The molecule has 1 fully saturated rings. The Morgan fingerprint density at radius 1 is 1.12 bits per heavy atom. The molecular weight excluding hydrogens is 354 g/mol. The lowest BCUT2D eigenvalue weighted by atomic mass is 10.1. The molecule has 0 spiro atoms. The first-order chi connectivity index (χ1) is 12.4. The number of carbonyl (C=O) groups is 1. The SMILES string of the molecule is Cc1noc(C)c1C(=O)N1CCN(S(=O)(=O)/C=C/c2ccccc2)CC1. The topological polar surface area (TPSA) is 83.7 Å². The van der Waals surface area contributed by atoms with Gasteiger partial charge in [-0.1, -0.05) is 35.5 Å². The van der Waals surface area contributed by atoms with E-state index in [2.05, 4.69) is 5.16 Å². The summed E-state index contributed by atoms with van der Waals surface area (Å²) in [4.78, 5) is 14.3. The standard InChI is InChI=1S/C18H21N3O4S/c1-14-17(15(2)25-19-14)18(22)20-9-11-21(12-10-20)26(23,24)13-8-16-6-4-3-5-7-16/h3-8,13H,9-12H2,1-2H3/b13-8+. The van der Waals surface area contributed by atoms with E-state index in [9.17, 15) is 13.2 Å². The molecule has 138 valence electrons. The van der Waals surface area contributed by atoms with Crippen LogP contribution in [-0.4, -0.2) is 54.9 Å². The maximum absolute atomic E-state index is 12.6. The maximum atomic E-state index is 12.6. The van der Waals surface area contributed by atoms with E-state index in [-0.39, 0.29) is 19.0 Å². The second-order valence-corrected chi connectivity index (χ2v) is 7.97.